The fraction of sp³-hybridized carbons (Fsp3) is 0.818. The summed E-state index contributed by atoms with van der Waals surface area (Å²) >= 11 is 0. The molecular weight excluding hydrogens is 194 g/mol. The number of carbonyl (C=O) groups excluding carboxylic acids is 1. The van der Waals surface area contributed by atoms with Crippen LogP contribution in [0.4, 0.5) is 0 Å². The van der Waals surface area contributed by atoms with E-state index in [0.29, 0.717) is 18.3 Å². The largest absolute Gasteiger partial charge is 0.469 e. The summed E-state index contributed by atoms with van der Waals surface area (Å²) in [5.41, 5.74) is 1.58. The van der Waals surface area contributed by atoms with E-state index in [9.17, 15) is 4.79 Å². The molecule has 3 rings (SSSR count). The van der Waals surface area contributed by atoms with Crippen LogP contribution >= 0.6 is 0 Å². The molecule has 82 valence electrons. The van der Waals surface area contributed by atoms with E-state index in [0.717, 1.165) is 12.1 Å². The van der Waals surface area contributed by atoms with Gasteiger partial charge in [0.25, 0.3) is 0 Å². The Kier molecular flexibility index (Phi) is 1.68. The summed E-state index contributed by atoms with van der Waals surface area (Å²) in [4.78, 5) is 16.5. The zero-order valence-electron chi connectivity index (χ0n) is 8.91. The normalized spacial score (nSPS) is 33.8. The van der Waals surface area contributed by atoms with E-state index in [-0.39, 0.29) is 11.6 Å². The topological polar surface area (TPSA) is 47.9 Å². The number of rotatable bonds is 3. The van der Waals surface area contributed by atoms with Crippen LogP contribution in [0.25, 0.3) is 0 Å². The summed E-state index contributed by atoms with van der Waals surface area (Å²) in [7, 11) is 1.41. The Morgan fingerprint density at radius 3 is 3.00 bits per heavy atom. The van der Waals surface area contributed by atoms with Gasteiger partial charge in [0, 0.05) is 18.3 Å². The Labute approximate surface area is 88.6 Å². The van der Waals surface area contributed by atoms with Crippen molar-refractivity contribution in [2.24, 2.45) is 10.6 Å². The van der Waals surface area contributed by atoms with Gasteiger partial charge in [-0.2, -0.15) is 0 Å². The van der Waals surface area contributed by atoms with Gasteiger partial charge in [-0.3, -0.25) is 4.79 Å². The van der Waals surface area contributed by atoms with Gasteiger partial charge in [-0.25, -0.2) is 0 Å². The Balaban J connectivity index is 1.51. The van der Waals surface area contributed by atoms with Gasteiger partial charge in [-0.05, 0) is 19.3 Å². The molecule has 1 heterocycles. The van der Waals surface area contributed by atoms with Crippen molar-refractivity contribution in [3.8, 4) is 0 Å². The van der Waals surface area contributed by atoms with Crippen molar-refractivity contribution in [3.63, 3.8) is 0 Å². The number of esters is 1. The van der Waals surface area contributed by atoms with Crippen LogP contribution in [0.2, 0.25) is 0 Å². The van der Waals surface area contributed by atoms with E-state index in [4.69, 9.17) is 4.84 Å². The van der Waals surface area contributed by atoms with Crippen LogP contribution in [-0.2, 0) is 14.4 Å². The molecule has 1 atom stereocenters. The Bertz CT molecular complexity index is 346. The van der Waals surface area contributed by atoms with E-state index in [1.54, 1.807) is 0 Å². The maximum Gasteiger partial charge on any atom is 0.305 e. The molecule has 4 heteroatoms. The van der Waals surface area contributed by atoms with Crippen LogP contribution in [0.15, 0.2) is 5.16 Å². The second-order valence-corrected chi connectivity index (χ2v) is 4.95. The van der Waals surface area contributed by atoms with Crippen molar-refractivity contribution in [1.29, 1.82) is 0 Å². The zero-order valence-corrected chi connectivity index (χ0v) is 8.91. The predicted octanol–water partition coefficient (Wildman–Crippen LogP) is 1.64. The summed E-state index contributed by atoms with van der Waals surface area (Å²) in [5.74, 6) is -0.171. The number of carbonyl (C=O) groups is 1. The Hall–Kier alpha value is -1.06. The number of methoxy groups -OCH3 is 1. The summed E-state index contributed by atoms with van der Waals surface area (Å²) in [6, 6.07) is 0. The molecule has 15 heavy (non-hydrogen) atoms. The van der Waals surface area contributed by atoms with Gasteiger partial charge < -0.3 is 9.57 Å². The number of nitrogens with zero attached hydrogens (tertiary/aromatic N) is 1. The average molecular weight is 209 g/mol. The minimum Gasteiger partial charge on any atom is -0.469 e. The molecule has 2 fully saturated rings. The van der Waals surface area contributed by atoms with Gasteiger partial charge in [0.15, 0.2) is 0 Å². The molecule has 1 unspecified atom stereocenters. The molecule has 2 aliphatic carbocycles. The summed E-state index contributed by atoms with van der Waals surface area (Å²) < 4.78 is 4.60. The first-order valence-corrected chi connectivity index (χ1v) is 5.51. The van der Waals surface area contributed by atoms with Crippen LogP contribution in [0, 0.1) is 5.41 Å². The van der Waals surface area contributed by atoms with Gasteiger partial charge in [-0.1, -0.05) is 5.16 Å². The standard InChI is InChI=1S/C11H15NO3/c1-14-9(13)3-2-8-6-11(15-12-8)7-10(11)4-5-10/h2-7H2,1H3. The smallest absolute Gasteiger partial charge is 0.305 e. The lowest BCUT2D eigenvalue weighted by Crippen LogP contribution is -2.13. The first-order chi connectivity index (χ1) is 7.20. The molecule has 0 aromatic rings. The van der Waals surface area contributed by atoms with Crippen molar-refractivity contribution in [3.05, 3.63) is 0 Å². The number of ether oxygens (including phenoxy) is 1. The maximum absolute atomic E-state index is 11.0. The van der Waals surface area contributed by atoms with Crippen LogP contribution in [0.5, 0.6) is 0 Å². The van der Waals surface area contributed by atoms with Gasteiger partial charge in [-0.15, -0.1) is 0 Å². The van der Waals surface area contributed by atoms with Crippen molar-refractivity contribution >= 4 is 11.7 Å². The first kappa shape index (κ1) is 9.19. The van der Waals surface area contributed by atoms with E-state index in [1.165, 1.54) is 26.4 Å². The molecule has 0 radical (unpaired) electrons. The average Bonchev–Trinajstić information content (AvgIpc) is 3.08. The molecule has 0 N–H and O–H groups in total. The molecule has 1 aliphatic heterocycles. The lowest BCUT2D eigenvalue weighted by molar-refractivity contribution is -0.140. The molecule has 0 bridgehead atoms. The van der Waals surface area contributed by atoms with E-state index in [1.807, 2.05) is 0 Å². The fourth-order valence-electron chi connectivity index (χ4n) is 2.69. The van der Waals surface area contributed by atoms with Crippen LogP contribution < -0.4 is 0 Å². The third-order valence-electron chi connectivity index (χ3n) is 4.00. The van der Waals surface area contributed by atoms with Crippen molar-refractivity contribution in [2.75, 3.05) is 7.11 Å². The van der Waals surface area contributed by atoms with Crippen LogP contribution in [0.3, 0.4) is 0 Å². The number of fused-ring (bicyclic) bond motifs is 1. The predicted molar refractivity (Wildman–Crippen MR) is 53.4 cm³/mol. The summed E-state index contributed by atoms with van der Waals surface area (Å²) in [5, 5.41) is 4.10. The summed E-state index contributed by atoms with van der Waals surface area (Å²) in [6.45, 7) is 0. The molecule has 0 amide bonds. The fourth-order valence-corrected chi connectivity index (χ4v) is 2.69. The lowest BCUT2D eigenvalue weighted by Gasteiger charge is -2.04. The molecule has 0 saturated heterocycles. The Morgan fingerprint density at radius 1 is 1.60 bits per heavy atom. The minimum absolute atomic E-state index is 0.0540. The highest BCUT2D eigenvalue weighted by atomic mass is 16.7. The second-order valence-electron chi connectivity index (χ2n) is 4.95. The van der Waals surface area contributed by atoms with E-state index in [2.05, 4.69) is 9.89 Å². The minimum atomic E-state index is -0.171. The third-order valence-corrected chi connectivity index (χ3v) is 4.00. The van der Waals surface area contributed by atoms with Gasteiger partial charge in [0.1, 0.15) is 5.60 Å². The van der Waals surface area contributed by atoms with Crippen molar-refractivity contribution in [2.45, 2.75) is 44.1 Å². The van der Waals surface area contributed by atoms with E-state index < -0.39 is 0 Å². The monoisotopic (exact) mass is 209 g/mol. The number of hydrogen-bond donors (Lipinski definition) is 0. The van der Waals surface area contributed by atoms with Gasteiger partial charge in [0.05, 0.1) is 19.2 Å². The third kappa shape index (κ3) is 1.27. The number of hydrogen-bond acceptors (Lipinski definition) is 4. The van der Waals surface area contributed by atoms with Crippen molar-refractivity contribution < 1.29 is 14.4 Å². The molecule has 0 aromatic heterocycles. The van der Waals surface area contributed by atoms with Crippen molar-refractivity contribution in [1.82, 2.24) is 0 Å². The lowest BCUT2D eigenvalue weighted by atomic mass is 10.1. The quantitative estimate of drug-likeness (QED) is 0.664. The molecule has 2 saturated carbocycles. The maximum atomic E-state index is 11.0. The van der Waals surface area contributed by atoms with Crippen LogP contribution in [-0.4, -0.2) is 24.4 Å². The van der Waals surface area contributed by atoms with Gasteiger partial charge in [0.2, 0.25) is 0 Å². The molecule has 4 nitrogen and oxygen atoms in total. The molecular formula is C11H15NO3. The van der Waals surface area contributed by atoms with Crippen LogP contribution in [0.1, 0.15) is 38.5 Å². The molecule has 3 aliphatic rings. The highest BCUT2D eigenvalue weighted by Crippen LogP contribution is 2.77. The summed E-state index contributed by atoms with van der Waals surface area (Å²) in [6.07, 6.45) is 5.81. The highest BCUT2D eigenvalue weighted by molar-refractivity contribution is 5.89. The molecule has 2 spiro atoms. The molecule has 0 aromatic carbocycles. The second kappa shape index (κ2) is 2.74. The Morgan fingerprint density at radius 2 is 2.40 bits per heavy atom. The van der Waals surface area contributed by atoms with Gasteiger partial charge >= 0.3 is 5.97 Å². The SMILES string of the molecule is COC(=O)CCC1=NOC2(C1)CC21CC1. The number of oxime groups is 1. The highest BCUT2D eigenvalue weighted by Gasteiger charge is 2.78. The first-order valence-electron chi connectivity index (χ1n) is 5.51. The van der Waals surface area contributed by atoms with E-state index >= 15 is 0 Å². The zero-order chi connectivity index (χ0) is 10.5.